The third kappa shape index (κ3) is 3.69. The van der Waals surface area contributed by atoms with E-state index in [2.05, 4.69) is 10.0 Å². The van der Waals surface area contributed by atoms with E-state index >= 15 is 0 Å². The minimum absolute atomic E-state index is 0.0339. The van der Waals surface area contributed by atoms with Crippen molar-refractivity contribution in [2.24, 2.45) is 0 Å². The smallest absolute Gasteiger partial charge is 0.255 e. The number of hydrogen-bond acceptors (Lipinski definition) is 4. The molecule has 0 heterocycles. The van der Waals surface area contributed by atoms with Crippen LogP contribution in [0.2, 0.25) is 0 Å². The normalized spacial score (nSPS) is 11.2. The summed E-state index contributed by atoms with van der Waals surface area (Å²) in [6.45, 7) is 0. The van der Waals surface area contributed by atoms with Crippen molar-refractivity contribution in [3.63, 3.8) is 0 Å². The van der Waals surface area contributed by atoms with Crippen LogP contribution in [0.3, 0.4) is 0 Å². The van der Waals surface area contributed by atoms with Gasteiger partial charge in [-0.25, -0.2) is 21.9 Å². The molecule has 0 saturated carbocycles. The largest absolute Gasteiger partial charge is 0.495 e. The average Bonchev–Trinajstić information content (AvgIpc) is 2.56. The van der Waals surface area contributed by atoms with Crippen LogP contribution in [0.1, 0.15) is 10.4 Å². The summed E-state index contributed by atoms with van der Waals surface area (Å²) in [5.41, 5.74) is -0.261. The SMILES string of the molecule is CNS(=O)(=O)c1cc(C(=O)Nc2ccc(F)cc2F)ccc1OC. The number of hydrogen-bond donors (Lipinski definition) is 2. The molecule has 0 spiro atoms. The maximum atomic E-state index is 13.6. The molecule has 2 aromatic carbocycles. The van der Waals surface area contributed by atoms with Crippen molar-refractivity contribution in [3.05, 3.63) is 53.6 Å². The summed E-state index contributed by atoms with van der Waals surface area (Å²) in [4.78, 5) is 12.0. The summed E-state index contributed by atoms with van der Waals surface area (Å²) in [6.07, 6.45) is 0. The Kier molecular flexibility index (Phi) is 5.15. The van der Waals surface area contributed by atoms with Gasteiger partial charge >= 0.3 is 0 Å². The third-order valence-corrected chi connectivity index (χ3v) is 4.60. The topological polar surface area (TPSA) is 84.5 Å². The lowest BCUT2D eigenvalue weighted by Crippen LogP contribution is -2.20. The second-order valence-corrected chi connectivity index (χ2v) is 6.51. The van der Waals surface area contributed by atoms with Crippen molar-refractivity contribution in [1.29, 1.82) is 0 Å². The Morgan fingerprint density at radius 3 is 2.42 bits per heavy atom. The second kappa shape index (κ2) is 6.93. The predicted octanol–water partition coefficient (Wildman–Crippen LogP) is 2.13. The van der Waals surface area contributed by atoms with E-state index in [0.29, 0.717) is 6.07 Å². The highest BCUT2D eigenvalue weighted by molar-refractivity contribution is 7.89. The molecule has 9 heteroatoms. The Bertz CT molecular complexity index is 885. The molecule has 0 unspecified atom stereocenters. The number of halogens is 2. The lowest BCUT2D eigenvalue weighted by molar-refractivity contribution is 0.102. The molecule has 0 saturated heterocycles. The van der Waals surface area contributed by atoms with Crippen LogP contribution in [0.25, 0.3) is 0 Å². The highest BCUT2D eigenvalue weighted by Crippen LogP contribution is 2.25. The fraction of sp³-hybridized carbons (Fsp3) is 0.133. The third-order valence-electron chi connectivity index (χ3n) is 3.16. The van der Waals surface area contributed by atoms with Crippen LogP contribution >= 0.6 is 0 Å². The molecule has 1 amide bonds. The number of benzene rings is 2. The molecule has 0 fully saturated rings. The number of carbonyl (C=O) groups excluding carboxylic acids is 1. The molecule has 0 aromatic heterocycles. The Morgan fingerprint density at radius 1 is 1.12 bits per heavy atom. The molecule has 0 radical (unpaired) electrons. The zero-order chi connectivity index (χ0) is 17.9. The molecule has 0 aliphatic rings. The van der Waals surface area contributed by atoms with Gasteiger partial charge in [-0.15, -0.1) is 0 Å². The Labute approximate surface area is 137 Å². The summed E-state index contributed by atoms with van der Waals surface area (Å²) < 4.78 is 57.5. The van der Waals surface area contributed by atoms with Crippen molar-refractivity contribution >= 4 is 21.6 Å². The quantitative estimate of drug-likeness (QED) is 0.860. The summed E-state index contributed by atoms with van der Waals surface area (Å²) in [5.74, 6) is -2.43. The predicted molar refractivity (Wildman–Crippen MR) is 83.6 cm³/mol. The minimum atomic E-state index is -3.86. The molecule has 2 aromatic rings. The number of amides is 1. The van der Waals surface area contributed by atoms with Crippen LogP contribution in [0.5, 0.6) is 5.75 Å². The van der Waals surface area contributed by atoms with E-state index in [0.717, 1.165) is 18.2 Å². The fourth-order valence-corrected chi connectivity index (χ4v) is 2.84. The molecule has 2 rings (SSSR count). The highest BCUT2D eigenvalue weighted by Gasteiger charge is 2.20. The average molecular weight is 356 g/mol. The van der Waals surface area contributed by atoms with E-state index in [-0.39, 0.29) is 21.9 Å². The van der Waals surface area contributed by atoms with Gasteiger partial charge < -0.3 is 10.1 Å². The van der Waals surface area contributed by atoms with Crippen LogP contribution in [0, 0.1) is 11.6 Å². The number of ether oxygens (including phenoxy) is 1. The van der Waals surface area contributed by atoms with Crippen LogP contribution in [0.15, 0.2) is 41.3 Å². The van der Waals surface area contributed by atoms with E-state index in [1.165, 1.54) is 26.3 Å². The number of rotatable bonds is 5. The van der Waals surface area contributed by atoms with Gasteiger partial charge in [0, 0.05) is 11.6 Å². The fourth-order valence-electron chi connectivity index (χ4n) is 1.92. The highest BCUT2D eigenvalue weighted by atomic mass is 32.2. The Morgan fingerprint density at radius 2 is 1.83 bits per heavy atom. The maximum absolute atomic E-state index is 13.6. The van der Waals surface area contributed by atoms with Gasteiger partial charge in [-0.05, 0) is 37.4 Å². The molecule has 0 aliphatic carbocycles. The number of nitrogens with one attached hydrogen (secondary N) is 2. The van der Waals surface area contributed by atoms with E-state index < -0.39 is 27.6 Å². The van der Waals surface area contributed by atoms with Gasteiger partial charge in [0.15, 0.2) is 0 Å². The Hall–Kier alpha value is -2.52. The molecule has 2 N–H and O–H groups in total. The minimum Gasteiger partial charge on any atom is -0.495 e. The van der Waals surface area contributed by atoms with Crippen molar-refractivity contribution in [2.45, 2.75) is 4.90 Å². The van der Waals surface area contributed by atoms with Crippen molar-refractivity contribution in [2.75, 3.05) is 19.5 Å². The monoisotopic (exact) mass is 356 g/mol. The van der Waals surface area contributed by atoms with Gasteiger partial charge in [0.2, 0.25) is 10.0 Å². The number of carbonyl (C=O) groups is 1. The van der Waals surface area contributed by atoms with Gasteiger partial charge in [-0.1, -0.05) is 0 Å². The van der Waals surface area contributed by atoms with Gasteiger partial charge in [-0.2, -0.15) is 0 Å². The van der Waals surface area contributed by atoms with E-state index in [9.17, 15) is 22.0 Å². The number of methoxy groups -OCH3 is 1. The first kappa shape index (κ1) is 17.8. The molecular weight excluding hydrogens is 342 g/mol. The van der Waals surface area contributed by atoms with E-state index in [1.807, 2.05) is 0 Å². The van der Waals surface area contributed by atoms with Gasteiger partial charge in [0.05, 0.1) is 12.8 Å². The van der Waals surface area contributed by atoms with Crippen LogP contribution in [-0.4, -0.2) is 28.5 Å². The van der Waals surface area contributed by atoms with Gasteiger partial charge in [0.1, 0.15) is 22.3 Å². The zero-order valence-corrected chi connectivity index (χ0v) is 13.6. The first-order valence-corrected chi connectivity index (χ1v) is 8.15. The number of anilines is 1. The molecule has 0 aliphatic heterocycles. The summed E-state index contributed by atoms with van der Waals surface area (Å²) in [5, 5.41) is 2.25. The van der Waals surface area contributed by atoms with E-state index in [4.69, 9.17) is 4.74 Å². The molecule has 0 atom stereocenters. The lowest BCUT2D eigenvalue weighted by Gasteiger charge is -2.11. The molecule has 24 heavy (non-hydrogen) atoms. The molecule has 0 bridgehead atoms. The maximum Gasteiger partial charge on any atom is 0.255 e. The van der Waals surface area contributed by atoms with E-state index in [1.54, 1.807) is 0 Å². The zero-order valence-electron chi connectivity index (χ0n) is 12.8. The van der Waals surface area contributed by atoms with Crippen molar-refractivity contribution in [3.8, 4) is 5.75 Å². The summed E-state index contributed by atoms with van der Waals surface area (Å²) in [7, 11) is -1.36. The van der Waals surface area contributed by atoms with Crippen LogP contribution in [0.4, 0.5) is 14.5 Å². The number of sulfonamides is 1. The summed E-state index contributed by atoms with van der Waals surface area (Å²) >= 11 is 0. The standard InChI is InChI=1S/C15H14F2N2O4S/c1-18-24(21,22)14-7-9(3-6-13(14)23-2)15(20)19-12-5-4-10(16)8-11(12)17/h3-8,18H,1-2H3,(H,19,20). The second-order valence-electron chi connectivity index (χ2n) is 4.65. The first-order valence-electron chi connectivity index (χ1n) is 6.66. The van der Waals surface area contributed by atoms with Crippen LogP contribution < -0.4 is 14.8 Å². The van der Waals surface area contributed by atoms with Gasteiger partial charge in [0.25, 0.3) is 5.91 Å². The summed E-state index contributed by atoms with van der Waals surface area (Å²) in [6, 6.07) is 6.41. The molecule has 128 valence electrons. The first-order chi connectivity index (χ1) is 11.3. The van der Waals surface area contributed by atoms with Crippen molar-refractivity contribution < 1.29 is 26.7 Å². The molecular formula is C15H14F2N2O4S. The lowest BCUT2D eigenvalue weighted by atomic mass is 10.2. The van der Waals surface area contributed by atoms with Crippen LogP contribution in [-0.2, 0) is 10.0 Å². The Balaban J connectivity index is 2.38. The molecule has 6 nitrogen and oxygen atoms in total. The van der Waals surface area contributed by atoms with Crippen molar-refractivity contribution in [1.82, 2.24) is 4.72 Å². The van der Waals surface area contributed by atoms with Gasteiger partial charge in [-0.3, -0.25) is 4.79 Å².